The molecule has 4 N–H and O–H groups in total. The molecule has 1 aromatic rings. The molecule has 2 atom stereocenters. The molecule has 2 aliphatic heterocycles. The molecule has 0 bridgehead atoms. The van der Waals surface area contributed by atoms with E-state index in [1.807, 2.05) is 24.3 Å². The summed E-state index contributed by atoms with van der Waals surface area (Å²) in [5, 5.41) is 13.0. The summed E-state index contributed by atoms with van der Waals surface area (Å²) in [6.07, 6.45) is 1.35. The summed E-state index contributed by atoms with van der Waals surface area (Å²) in [6.45, 7) is 0.916. The fraction of sp³-hybridized carbons (Fsp3) is 0.529. The van der Waals surface area contributed by atoms with Gasteiger partial charge in [-0.05, 0) is 30.9 Å². The van der Waals surface area contributed by atoms with Gasteiger partial charge < -0.3 is 15.2 Å². The Morgan fingerprint density at radius 2 is 2.00 bits per heavy atom. The average Bonchev–Trinajstić information content (AvgIpc) is 3.10. The van der Waals surface area contributed by atoms with Gasteiger partial charge >= 0.3 is 5.97 Å². The first kappa shape index (κ1) is 18.1. The van der Waals surface area contributed by atoms with Crippen molar-refractivity contribution in [2.45, 2.75) is 31.3 Å². The molecular weight excluding hydrogens is 346 g/mol. The Balaban J connectivity index is 1.57. The number of carboxylic acids is 1. The van der Waals surface area contributed by atoms with E-state index in [0.29, 0.717) is 37.5 Å². The Bertz CT molecular complexity index is 649. The first-order valence-electron chi connectivity index (χ1n) is 8.36. The number of carbonyl (C=O) groups is 2. The lowest BCUT2D eigenvalue weighted by atomic mass is 9.80. The molecule has 0 saturated carbocycles. The number of aliphatic carboxylic acids is 1. The third-order valence-corrected chi connectivity index (χ3v) is 5.35. The lowest BCUT2D eigenvalue weighted by molar-refractivity contribution is -0.154. The molecular formula is C17H22ClN3O4. The zero-order valence-electron chi connectivity index (χ0n) is 13.8. The third-order valence-electron chi connectivity index (χ3n) is 5.00. The zero-order chi connectivity index (χ0) is 17.9. The van der Waals surface area contributed by atoms with Crippen LogP contribution >= 0.6 is 11.6 Å². The van der Waals surface area contributed by atoms with E-state index in [0.717, 1.165) is 5.56 Å². The molecule has 25 heavy (non-hydrogen) atoms. The molecule has 136 valence electrons. The van der Waals surface area contributed by atoms with E-state index >= 15 is 0 Å². The molecule has 2 aliphatic rings. The number of ether oxygens (including phenoxy) is 1. The molecule has 0 radical (unpaired) electrons. The van der Waals surface area contributed by atoms with E-state index < -0.39 is 17.4 Å². The molecule has 2 saturated heterocycles. The monoisotopic (exact) mass is 367 g/mol. The summed E-state index contributed by atoms with van der Waals surface area (Å²) in [5.41, 5.74) is 6.04. The maximum Gasteiger partial charge on any atom is 0.311 e. The second-order valence-electron chi connectivity index (χ2n) is 6.57. The molecule has 3 rings (SSSR count). The Hall–Kier alpha value is -1.67. The van der Waals surface area contributed by atoms with Crippen molar-refractivity contribution in [2.75, 3.05) is 19.8 Å². The molecule has 8 heteroatoms. The van der Waals surface area contributed by atoms with Crippen LogP contribution in [0.1, 0.15) is 30.9 Å². The minimum atomic E-state index is -0.942. The standard InChI is InChI=1S/C17H22ClN3O4/c18-12-4-2-1-3-11(12)13-9-14(21-20-13)15(22)19-10-17(16(23)24)5-7-25-8-6-17/h1-4,13-14,20-21H,5-10H2,(H,19,22)(H,23,24). The van der Waals surface area contributed by atoms with Crippen LogP contribution in [-0.2, 0) is 14.3 Å². The molecule has 2 unspecified atom stereocenters. The van der Waals surface area contributed by atoms with E-state index in [-0.39, 0.29) is 18.5 Å². The number of carbonyl (C=O) groups excluding carboxylic acids is 1. The Kier molecular flexibility index (Phi) is 5.58. The number of carboxylic acid groups (broad SMARTS) is 1. The lowest BCUT2D eigenvalue weighted by Gasteiger charge is -2.33. The Labute approximate surface area is 151 Å². The van der Waals surface area contributed by atoms with Crippen LogP contribution in [0.25, 0.3) is 0 Å². The Morgan fingerprint density at radius 3 is 2.68 bits per heavy atom. The van der Waals surface area contributed by atoms with Crippen LogP contribution in [0, 0.1) is 5.41 Å². The van der Waals surface area contributed by atoms with Gasteiger partial charge in [-0.15, -0.1) is 0 Å². The predicted octanol–water partition coefficient (Wildman–Crippen LogP) is 1.25. The number of hydrogen-bond donors (Lipinski definition) is 4. The number of hydrazine groups is 1. The minimum absolute atomic E-state index is 0.0686. The number of benzene rings is 1. The van der Waals surface area contributed by atoms with Gasteiger partial charge in [0.15, 0.2) is 0 Å². The van der Waals surface area contributed by atoms with Gasteiger partial charge in [0.05, 0.1) is 5.41 Å². The van der Waals surface area contributed by atoms with E-state index in [9.17, 15) is 14.7 Å². The van der Waals surface area contributed by atoms with Crippen LogP contribution in [0.2, 0.25) is 5.02 Å². The third kappa shape index (κ3) is 3.95. The fourth-order valence-electron chi connectivity index (χ4n) is 3.30. The zero-order valence-corrected chi connectivity index (χ0v) is 14.5. The minimum Gasteiger partial charge on any atom is -0.481 e. The SMILES string of the molecule is O=C(NCC1(C(=O)O)CCOCC1)C1CC(c2ccccc2Cl)NN1. The summed E-state index contributed by atoms with van der Waals surface area (Å²) in [5.74, 6) is -1.10. The second-order valence-corrected chi connectivity index (χ2v) is 6.97. The number of rotatable bonds is 5. The predicted molar refractivity (Wildman–Crippen MR) is 92.0 cm³/mol. The van der Waals surface area contributed by atoms with Crippen LogP contribution in [0.3, 0.4) is 0 Å². The summed E-state index contributed by atoms with van der Waals surface area (Å²) < 4.78 is 5.24. The van der Waals surface area contributed by atoms with Crippen molar-refractivity contribution in [1.82, 2.24) is 16.2 Å². The quantitative estimate of drug-likeness (QED) is 0.625. The molecule has 2 heterocycles. The van der Waals surface area contributed by atoms with Gasteiger partial charge in [-0.25, -0.2) is 10.9 Å². The van der Waals surface area contributed by atoms with Gasteiger partial charge in [0.25, 0.3) is 0 Å². The van der Waals surface area contributed by atoms with Gasteiger partial charge in [-0.2, -0.15) is 0 Å². The van der Waals surface area contributed by atoms with Crippen LogP contribution < -0.4 is 16.2 Å². The van der Waals surface area contributed by atoms with Crippen LogP contribution in [-0.4, -0.2) is 42.8 Å². The van der Waals surface area contributed by atoms with Gasteiger partial charge in [0.1, 0.15) is 6.04 Å². The van der Waals surface area contributed by atoms with Crippen molar-refractivity contribution in [3.8, 4) is 0 Å². The Morgan fingerprint density at radius 1 is 1.28 bits per heavy atom. The summed E-state index contributed by atoms with van der Waals surface area (Å²) in [7, 11) is 0. The van der Waals surface area contributed by atoms with E-state index in [1.54, 1.807) is 0 Å². The number of nitrogens with one attached hydrogen (secondary N) is 3. The van der Waals surface area contributed by atoms with Gasteiger partial charge in [0.2, 0.25) is 5.91 Å². The topological polar surface area (TPSA) is 99.7 Å². The van der Waals surface area contributed by atoms with E-state index in [2.05, 4.69) is 16.2 Å². The fourth-order valence-corrected chi connectivity index (χ4v) is 3.57. The largest absolute Gasteiger partial charge is 0.481 e. The molecule has 1 amide bonds. The summed E-state index contributed by atoms with van der Waals surface area (Å²) in [4.78, 5) is 24.1. The molecule has 1 aromatic carbocycles. The maximum atomic E-state index is 12.4. The van der Waals surface area contributed by atoms with E-state index in [4.69, 9.17) is 16.3 Å². The van der Waals surface area contributed by atoms with Crippen LogP contribution in [0.15, 0.2) is 24.3 Å². The van der Waals surface area contributed by atoms with Gasteiger partial charge in [0, 0.05) is 30.8 Å². The van der Waals surface area contributed by atoms with Crippen LogP contribution in [0.4, 0.5) is 0 Å². The molecule has 7 nitrogen and oxygen atoms in total. The highest BCUT2D eigenvalue weighted by Crippen LogP contribution is 2.31. The van der Waals surface area contributed by atoms with Crippen molar-refractivity contribution in [2.24, 2.45) is 5.41 Å². The van der Waals surface area contributed by atoms with Crippen molar-refractivity contribution < 1.29 is 19.4 Å². The second kappa shape index (κ2) is 7.70. The molecule has 0 spiro atoms. The van der Waals surface area contributed by atoms with Gasteiger partial charge in [-0.3, -0.25) is 9.59 Å². The van der Waals surface area contributed by atoms with Gasteiger partial charge in [-0.1, -0.05) is 29.8 Å². The van der Waals surface area contributed by atoms with Crippen molar-refractivity contribution in [1.29, 1.82) is 0 Å². The van der Waals surface area contributed by atoms with Crippen molar-refractivity contribution in [3.05, 3.63) is 34.9 Å². The van der Waals surface area contributed by atoms with Crippen molar-refractivity contribution >= 4 is 23.5 Å². The average molecular weight is 368 g/mol. The number of hydrogen-bond acceptors (Lipinski definition) is 5. The van der Waals surface area contributed by atoms with Crippen molar-refractivity contribution in [3.63, 3.8) is 0 Å². The summed E-state index contributed by atoms with van der Waals surface area (Å²) >= 11 is 6.20. The smallest absolute Gasteiger partial charge is 0.311 e. The van der Waals surface area contributed by atoms with Crippen LogP contribution in [0.5, 0.6) is 0 Å². The highest BCUT2D eigenvalue weighted by molar-refractivity contribution is 6.31. The maximum absolute atomic E-state index is 12.4. The molecule has 2 fully saturated rings. The normalized spacial score (nSPS) is 25.5. The first-order valence-corrected chi connectivity index (χ1v) is 8.74. The highest BCUT2D eigenvalue weighted by Gasteiger charge is 2.41. The first-order chi connectivity index (χ1) is 12.0. The summed E-state index contributed by atoms with van der Waals surface area (Å²) in [6, 6.07) is 6.99. The lowest BCUT2D eigenvalue weighted by Crippen LogP contribution is -2.50. The highest BCUT2D eigenvalue weighted by atomic mass is 35.5. The molecule has 0 aliphatic carbocycles. The number of amides is 1. The molecule has 0 aromatic heterocycles. The number of halogens is 1. The van der Waals surface area contributed by atoms with E-state index in [1.165, 1.54) is 0 Å².